The molecule has 2 amide bonds. The average Bonchev–Trinajstić information content (AvgIpc) is 3.85. The van der Waals surface area contributed by atoms with Crippen LogP contribution >= 0.6 is 0 Å². The van der Waals surface area contributed by atoms with Crippen LogP contribution in [0.15, 0.2) is 78.9 Å². The molecule has 6 unspecified atom stereocenters. The number of rotatable bonds is 7. The summed E-state index contributed by atoms with van der Waals surface area (Å²) in [5.74, 6) is -0.805. The summed E-state index contributed by atoms with van der Waals surface area (Å²) in [4.78, 5) is 70.4. The molecule has 9 rings (SSSR count). The molecule has 0 spiro atoms. The van der Waals surface area contributed by atoms with Gasteiger partial charge in [-0.15, -0.1) is 0 Å². The van der Waals surface area contributed by atoms with Crippen LogP contribution in [0.4, 0.5) is 11.4 Å². The molecule has 3 fully saturated rings. The monoisotopic (exact) mass is 627 g/mol. The van der Waals surface area contributed by atoms with Crippen LogP contribution in [0.1, 0.15) is 38.3 Å². The predicted molar refractivity (Wildman–Crippen MR) is 172 cm³/mol. The Bertz CT molecular complexity index is 2070. The highest BCUT2D eigenvalue weighted by atomic mass is 16.6. The number of para-hydroxylation sites is 1. The number of benzene rings is 3. The molecule has 5 aliphatic rings. The molecule has 2 bridgehead atoms. The molecule has 4 aromatic rings. The SMILES string of the molecule is Cc1ccc(C(=O)COC(=O)c2cc(-c3ccc(N4C(=O)C5C6C=CC(C7CC67)C5C4=O)cc3)nc3c(C)cccc23)cc1[N+](=O)[O-]. The molecule has 0 radical (unpaired) electrons. The number of Topliss-reactive ketones (excluding diaryl/α,β-unsaturated/α-hetero) is 1. The first kappa shape index (κ1) is 28.9. The highest BCUT2D eigenvalue weighted by Gasteiger charge is 2.67. The van der Waals surface area contributed by atoms with Crippen molar-refractivity contribution in [1.29, 1.82) is 0 Å². The van der Waals surface area contributed by atoms with Crippen LogP contribution in [-0.2, 0) is 14.3 Å². The van der Waals surface area contributed by atoms with Crippen molar-refractivity contribution in [1.82, 2.24) is 4.98 Å². The molecule has 10 heteroatoms. The fourth-order valence-corrected chi connectivity index (χ4v) is 7.97. The number of anilines is 1. The minimum absolute atomic E-state index is 0.0706. The number of nitro groups is 1. The van der Waals surface area contributed by atoms with Crippen LogP contribution in [0.5, 0.6) is 0 Å². The fourth-order valence-electron chi connectivity index (χ4n) is 7.97. The van der Waals surface area contributed by atoms with Gasteiger partial charge in [-0.1, -0.05) is 54.6 Å². The Hall–Kier alpha value is -5.51. The molecule has 10 nitrogen and oxygen atoms in total. The highest BCUT2D eigenvalue weighted by Crippen LogP contribution is 2.65. The smallest absolute Gasteiger partial charge is 0.339 e. The number of carbonyl (C=O) groups is 4. The van der Waals surface area contributed by atoms with E-state index in [9.17, 15) is 29.3 Å². The van der Waals surface area contributed by atoms with E-state index in [1.165, 1.54) is 23.1 Å². The van der Waals surface area contributed by atoms with Gasteiger partial charge >= 0.3 is 5.97 Å². The molecule has 1 aliphatic heterocycles. The Morgan fingerprint density at radius 3 is 2.26 bits per heavy atom. The van der Waals surface area contributed by atoms with E-state index in [0.29, 0.717) is 45.2 Å². The molecular weight excluding hydrogens is 598 g/mol. The summed E-state index contributed by atoms with van der Waals surface area (Å²) in [5, 5.41) is 11.9. The number of nitro benzene ring substituents is 1. The number of hydrogen-bond acceptors (Lipinski definition) is 8. The molecule has 4 aliphatic carbocycles. The Balaban J connectivity index is 1.06. The van der Waals surface area contributed by atoms with Crippen molar-refractivity contribution in [3.8, 4) is 11.3 Å². The maximum absolute atomic E-state index is 13.6. The Kier molecular flexibility index (Phi) is 6.47. The van der Waals surface area contributed by atoms with Gasteiger partial charge < -0.3 is 4.74 Å². The summed E-state index contributed by atoms with van der Waals surface area (Å²) in [7, 11) is 0. The molecule has 2 saturated carbocycles. The molecule has 47 heavy (non-hydrogen) atoms. The number of nitrogens with zero attached hydrogens (tertiary/aromatic N) is 3. The van der Waals surface area contributed by atoms with Crippen molar-refractivity contribution < 1.29 is 28.8 Å². The van der Waals surface area contributed by atoms with Crippen LogP contribution in [0.3, 0.4) is 0 Å². The van der Waals surface area contributed by atoms with Crippen LogP contribution < -0.4 is 4.90 Å². The number of esters is 1. The topological polar surface area (TPSA) is 137 Å². The first-order valence-electron chi connectivity index (χ1n) is 15.6. The lowest BCUT2D eigenvalue weighted by Gasteiger charge is -2.37. The lowest BCUT2D eigenvalue weighted by Crippen LogP contribution is -2.40. The maximum Gasteiger partial charge on any atom is 0.339 e. The van der Waals surface area contributed by atoms with E-state index in [1.54, 1.807) is 49.4 Å². The summed E-state index contributed by atoms with van der Waals surface area (Å²) in [6, 6.07) is 18.2. The summed E-state index contributed by atoms with van der Waals surface area (Å²) < 4.78 is 5.43. The minimum Gasteiger partial charge on any atom is -0.454 e. The lowest BCUT2D eigenvalue weighted by molar-refractivity contribution is -0.385. The number of carbonyl (C=O) groups excluding carboxylic acids is 4. The van der Waals surface area contributed by atoms with Gasteiger partial charge in [0.15, 0.2) is 6.61 Å². The fraction of sp³-hybridized carbons (Fsp3) is 0.270. The second-order valence-corrected chi connectivity index (χ2v) is 13.0. The Morgan fingerprint density at radius 2 is 1.60 bits per heavy atom. The third kappa shape index (κ3) is 4.50. The largest absolute Gasteiger partial charge is 0.454 e. The summed E-state index contributed by atoms with van der Waals surface area (Å²) in [6.07, 6.45) is 5.41. The number of ketones is 1. The van der Waals surface area contributed by atoms with E-state index >= 15 is 0 Å². The van der Waals surface area contributed by atoms with Gasteiger partial charge in [0.1, 0.15) is 0 Å². The third-order valence-electron chi connectivity index (χ3n) is 10.4. The quantitative estimate of drug-likeness (QED) is 0.0606. The maximum atomic E-state index is 13.6. The second kappa shape index (κ2) is 10.5. The van der Waals surface area contributed by atoms with E-state index in [0.717, 1.165) is 12.0 Å². The van der Waals surface area contributed by atoms with E-state index in [2.05, 4.69) is 12.2 Å². The molecule has 1 saturated heterocycles. The Morgan fingerprint density at radius 1 is 0.915 bits per heavy atom. The van der Waals surface area contributed by atoms with Crippen molar-refractivity contribution in [2.24, 2.45) is 35.5 Å². The van der Waals surface area contributed by atoms with Gasteiger partial charge in [-0.05, 0) is 67.7 Å². The zero-order valence-corrected chi connectivity index (χ0v) is 25.6. The van der Waals surface area contributed by atoms with Gasteiger partial charge in [-0.2, -0.15) is 0 Å². The lowest BCUT2D eigenvalue weighted by atomic mass is 9.63. The number of ether oxygens (including phenoxy) is 1. The summed E-state index contributed by atoms with van der Waals surface area (Å²) in [6.45, 7) is 2.85. The number of imide groups is 1. The number of fused-ring (bicyclic) bond motifs is 1. The van der Waals surface area contributed by atoms with Crippen molar-refractivity contribution in [3.63, 3.8) is 0 Å². The Labute approximate surface area is 269 Å². The number of aromatic nitrogens is 1. The standard InChI is InChI=1S/C37H29N3O7/c1-18-6-7-21(14-30(18)40(45)46)31(41)17-47-37(44)28-16-29(38-34-19(2)4-3-5-25(28)34)20-8-10-22(11-9-20)39-35(42)32-23-12-13-24(27-15-26(23)27)33(32)36(39)43/h3-14,16,23-24,26-27,32-33H,15,17H2,1-2H3. The van der Waals surface area contributed by atoms with Crippen molar-refractivity contribution >= 4 is 45.8 Å². The zero-order chi connectivity index (χ0) is 32.7. The molecule has 1 aromatic heterocycles. The van der Waals surface area contributed by atoms with Crippen LogP contribution in [0.2, 0.25) is 0 Å². The first-order valence-corrected chi connectivity index (χ1v) is 15.6. The first-order chi connectivity index (χ1) is 22.6. The minimum atomic E-state index is -0.743. The molecular formula is C37H29N3O7. The van der Waals surface area contributed by atoms with E-state index < -0.39 is 23.3 Å². The van der Waals surface area contributed by atoms with Gasteiger partial charge in [0.05, 0.1) is 39.2 Å². The van der Waals surface area contributed by atoms with Gasteiger partial charge in [-0.3, -0.25) is 29.4 Å². The van der Waals surface area contributed by atoms with E-state index in [4.69, 9.17) is 9.72 Å². The molecule has 3 aromatic carbocycles. The summed E-state index contributed by atoms with van der Waals surface area (Å²) in [5.41, 5.74) is 3.56. The number of aryl methyl sites for hydroxylation is 2. The van der Waals surface area contributed by atoms with Gasteiger partial charge in [0.25, 0.3) is 5.69 Å². The molecule has 234 valence electrons. The van der Waals surface area contributed by atoms with Crippen LogP contribution in [-0.4, -0.2) is 40.1 Å². The summed E-state index contributed by atoms with van der Waals surface area (Å²) >= 11 is 0. The number of allylic oxidation sites excluding steroid dienone is 2. The zero-order valence-electron chi connectivity index (χ0n) is 25.6. The van der Waals surface area contributed by atoms with Crippen molar-refractivity contribution in [2.45, 2.75) is 20.3 Å². The average molecular weight is 628 g/mol. The van der Waals surface area contributed by atoms with Crippen molar-refractivity contribution in [3.05, 3.63) is 111 Å². The molecule has 0 N–H and O–H groups in total. The van der Waals surface area contributed by atoms with Crippen LogP contribution in [0.25, 0.3) is 22.2 Å². The normalized spacial score (nSPS) is 25.1. The van der Waals surface area contributed by atoms with Crippen molar-refractivity contribution in [2.75, 3.05) is 11.5 Å². The number of hydrogen-bond donors (Lipinski definition) is 0. The van der Waals surface area contributed by atoms with Gasteiger partial charge in [0, 0.05) is 28.1 Å². The number of pyridine rings is 1. The number of amides is 2. The van der Waals surface area contributed by atoms with Gasteiger partial charge in [0.2, 0.25) is 17.6 Å². The van der Waals surface area contributed by atoms with E-state index in [1.807, 2.05) is 13.0 Å². The predicted octanol–water partition coefficient (Wildman–Crippen LogP) is 6.02. The molecule has 6 atom stereocenters. The van der Waals surface area contributed by atoms with Gasteiger partial charge in [-0.25, -0.2) is 9.78 Å². The third-order valence-corrected chi connectivity index (χ3v) is 10.4. The van der Waals surface area contributed by atoms with E-state index in [-0.39, 0.29) is 52.3 Å². The highest BCUT2D eigenvalue weighted by molar-refractivity contribution is 6.22. The molecule has 2 heterocycles. The second-order valence-electron chi connectivity index (χ2n) is 13.0. The van der Waals surface area contributed by atoms with Crippen LogP contribution in [0, 0.1) is 59.5 Å².